The summed E-state index contributed by atoms with van der Waals surface area (Å²) in [6.45, 7) is 2.98. The van der Waals surface area contributed by atoms with Crippen LogP contribution in [0.5, 0.6) is 0 Å². The van der Waals surface area contributed by atoms with Crippen molar-refractivity contribution in [1.82, 2.24) is 15.0 Å². The maximum atomic E-state index is 12.8. The van der Waals surface area contributed by atoms with Crippen molar-refractivity contribution in [2.75, 3.05) is 11.9 Å². The largest absolute Gasteiger partial charge is 0.390 e. The van der Waals surface area contributed by atoms with Crippen LogP contribution in [-0.2, 0) is 24.4 Å². The molecule has 26 heavy (non-hydrogen) atoms. The van der Waals surface area contributed by atoms with E-state index in [4.69, 9.17) is 4.52 Å². The summed E-state index contributed by atoms with van der Waals surface area (Å²) in [4.78, 5) is 19.2. The SMILES string of the molecule is CC(C(=O)Nc1cccc2ncccc12)N1CCc2onc(CO)c2C1. The summed E-state index contributed by atoms with van der Waals surface area (Å²) in [7, 11) is 0. The topological polar surface area (TPSA) is 91.5 Å². The van der Waals surface area contributed by atoms with E-state index in [-0.39, 0.29) is 18.6 Å². The Morgan fingerprint density at radius 3 is 3.12 bits per heavy atom. The number of anilines is 1. The number of carbonyl (C=O) groups excluding carboxylic acids is 1. The van der Waals surface area contributed by atoms with Gasteiger partial charge in [-0.2, -0.15) is 0 Å². The van der Waals surface area contributed by atoms with E-state index in [2.05, 4.69) is 20.4 Å². The summed E-state index contributed by atoms with van der Waals surface area (Å²) in [5.41, 5.74) is 3.05. The van der Waals surface area contributed by atoms with Crippen LogP contribution < -0.4 is 5.32 Å². The Morgan fingerprint density at radius 1 is 1.38 bits per heavy atom. The van der Waals surface area contributed by atoms with Gasteiger partial charge in [-0.05, 0) is 31.2 Å². The molecule has 0 saturated heterocycles. The van der Waals surface area contributed by atoms with E-state index in [0.29, 0.717) is 25.2 Å². The highest BCUT2D eigenvalue weighted by atomic mass is 16.5. The molecule has 1 aliphatic heterocycles. The summed E-state index contributed by atoms with van der Waals surface area (Å²) in [5.74, 6) is 0.727. The van der Waals surface area contributed by atoms with Crippen LogP contribution >= 0.6 is 0 Å². The minimum Gasteiger partial charge on any atom is -0.390 e. The molecule has 0 radical (unpaired) electrons. The number of rotatable bonds is 4. The quantitative estimate of drug-likeness (QED) is 0.747. The Balaban J connectivity index is 1.51. The first-order valence-corrected chi connectivity index (χ1v) is 8.63. The fourth-order valence-electron chi connectivity index (χ4n) is 3.35. The highest BCUT2D eigenvalue weighted by molar-refractivity contribution is 6.02. The summed E-state index contributed by atoms with van der Waals surface area (Å²) in [5, 5.41) is 17.2. The van der Waals surface area contributed by atoms with Gasteiger partial charge in [-0.3, -0.25) is 14.7 Å². The smallest absolute Gasteiger partial charge is 0.241 e. The summed E-state index contributed by atoms with van der Waals surface area (Å²) in [6.07, 6.45) is 2.41. The van der Waals surface area contributed by atoms with Crippen molar-refractivity contribution in [3.05, 3.63) is 53.5 Å². The van der Waals surface area contributed by atoms with Gasteiger partial charge in [0.1, 0.15) is 11.5 Å². The predicted octanol–water partition coefficient (Wildman–Crippen LogP) is 2.10. The highest BCUT2D eigenvalue weighted by Crippen LogP contribution is 2.25. The van der Waals surface area contributed by atoms with E-state index in [1.54, 1.807) is 6.20 Å². The molecule has 0 fully saturated rings. The van der Waals surface area contributed by atoms with Crippen LogP contribution in [0.3, 0.4) is 0 Å². The average Bonchev–Trinajstić information content (AvgIpc) is 3.10. The second kappa shape index (κ2) is 6.86. The van der Waals surface area contributed by atoms with Crippen molar-refractivity contribution in [2.45, 2.75) is 32.5 Å². The molecule has 0 spiro atoms. The van der Waals surface area contributed by atoms with Crippen LogP contribution in [0.1, 0.15) is 23.9 Å². The monoisotopic (exact) mass is 352 g/mol. The molecule has 3 heterocycles. The van der Waals surface area contributed by atoms with E-state index in [0.717, 1.165) is 27.9 Å². The number of nitrogens with zero attached hydrogens (tertiary/aromatic N) is 3. The number of aliphatic hydroxyl groups is 1. The fraction of sp³-hybridized carbons (Fsp3) is 0.316. The molecule has 134 valence electrons. The molecule has 2 N–H and O–H groups in total. The number of aromatic nitrogens is 2. The molecule has 7 heteroatoms. The molecule has 2 aromatic heterocycles. The molecule has 1 aromatic carbocycles. The van der Waals surface area contributed by atoms with Gasteiger partial charge in [-0.1, -0.05) is 11.2 Å². The molecular weight excluding hydrogens is 332 g/mol. The number of fused-ring (bicyclic) bond motifs is 2. The molecule has 7 nitrogen and oxygen atoms in total. The van der Waals surface area contributed by atoms with Crippen molar-refractivity contribution in [3.8, 4) is 0 Å². The predicted molar refractivity (Wildman–Crippen MR) is 96.4 cm³/mol. The van der Waals surface area contributed by atoms with Gasteiger partial charge >= 0.3 is 0 Å². The molecule has 4 rings (SSSR count). The Morgan fingerprint density at radius 2 is 2.27 bits per heavy atom. The first-order valence-electron chi connectivity index (χ1n) is 8.63. The van der Waals surface area contributed by atoms with E-state index >= 15 is 0 Å². The number of amides is 1. The average molecular weight is 352 g/mol. The first kappa shape index (κ1) is 16.7. The molecule has 1 aliphatic rings. The number of carbonyl (C=O) groups is 1. The van der Waals surface area contributed by atoms with Gasteiger partial charge in [0.05, 0.1) is 23.9 Å². The van der Waals surface area contributed by atoms with E-state index in [9.17, 15) is 9.90 Å². The van der Waals surface area contributed by atoms with Crippen molar-refractivity contribution in [1.29, 1.82) is 0 Å². The molecule has 1 unspecified atom stereocenters. The standard InChI is InChI=1S/C19H20N4O3/c1-12(23-9-7-18-14(10-23)17(11-24)22-26-18)19(25)21-16-6-2-5-15-13(16)4-3-8-20-15/h2-6,8,12,24H,7,9-11H2,1H3,(H,21,25). The number of nitrogens with one attached hydrogen (secondary N) is 1. The summed E-state index contributed by atoms with van der Waals surface area (Å²) in [6, 6.07) is 9.16. The second-order valence-corrected chi connectivity index (χ2v) is 6.45. The maximum Gasteiger partial charge on any atom is 0.241 e. The van der Waals surface area contributed by atoms with Crippen LogP contribution in [0.15, 0.2) is 41.1 Å². The van der Waals surface area contributed by atoms with Gasteiger partial charge in [0.2, 0.25) is 5.91 Å². The third kappa shape index (κ3) is 2.95. The van der Waals surface area contributed by atoms with Crippen LogP contribution in [0.25, 0.3) is 10.9 Å². The van der Waals surface area contributed by atoms with E-state index in [1.165, 1.54) is 0 Å². The lowest BCUT2D eigenvalue weighted by Gasteiger charge is -2.31. The minimum absolute atomic E-state index is 0.0770. The van der Waals surface area contributed by atoms with Crippen molar-refractivity contribution < 1.29 is 14.4 Å². The zero-order valence-corrected chi connectivity index (χ0v) is 14.5. The van der Waals surface area contributed by atoms with E-state index < -0.39 is 0 Å². The fourth-order valence-corrected chi connectivity index (χ4v) is 3.35. The van der Waals surface area contributed by atoms with Crippen LogP contribution in [0, 0.1) is 0 Å². The summed E-state index contributed by atoms with van der Waals surface area (Å²) < 4.78 is 5.27. The number of benzene rings is 1. The lowest BCUT2D eigenvalue weighted by molar-refractivity contribution is -0.121. The van der Waals surface area contributed by atoms with Gasteiger partial charge in [0.25, 0.3) is 0 Å². The maximum absolute atomic E-state index is 12.8. The van der Waals surface area contributed by atoms with E-state index in [1.807, 2.05) is 37.3 Å². The van der Waals surface area contributed by atoms with Gasteiger partial charge in [-0.25, -0.2) is 0 Å². The van der Waals surface area contributed by atoms with Crippen molar-refractivity contribution in [3.63, 3.8) is 0 Å². The van der Waals surface area contributed by atoms with Gasteiger partial charge in [0.15, 0.2) is 0 Å². The molecule has 0 aliphatic carbocycles. The highest BCUT2D eigenvalue weighted by Gasteiger charge is 2.29. The molecular formula is C19H20N4O3. The lowest BCUT2D eigenvalue weighted by atomic mass is 10.0. The van der Waals surface area contributed by atoms with Gasteiger partial charge < -0.3 is 14.9 Å². The molecule has 0 saturated carbocycles. The Labute approximate surface area is 150 Å². The Bertz CT molecular complexity index is 934. The first-order chi connectivity index (χ1) is 12.7. The minimum atomic E-state index is -0.323. The number of hydrogen-bond acceptors (Lipinski definition) is 6. The van der Waals surface area contributed by atoms with Crippen LogP contribution in [-0.4, -0.2) is 38.6 Å². The number of pyridine rings is 1. The summed E-state index contributed by atoms with van der Waals surface area (Å²) >= 11 is 0. The van der Waals surface area contributed by atoms with Gasteiger partial charge in [0, 0.05) is 36.7 Å². The van der Waals surface area contributed by atoms with Crippen molar-refractivity contribution >= 4 is 22.5 Å². The normalized spacial score (nSPS) is 15.6. The van der Waals surface area contributed by atoms with Gasteiger partial charge in [-0.15, -0.1) is 0 Å². The van der Waals surface area contributed by atoms with Crippen molar-refractivity contribution in [2.24, 2.45) is 0 Å². The molecule has 3 aromatic rings. The second-order valence-electron chi connectivity index (χ2n) is 6.45. The van der Waals surface area contributed by atoms with Crippen LogP contribution in [0.4, 0.5) is 5.69 Å². The zero-order valence-electron chi connectivity index (χ0n) is 14.5. The lowest BCUT2D eigenvalue weighted by Crippen LogP contribution is -2.44. The number of aliphatic hydroxyl groups excluding tert-OH is 1. The molecule has 1 atom stereocenters. The number of hydrogen-bond donors (Lipinski definition) is 2. The molecule has 1 amide bonds. The molecule has 0 bridgehead atoms. The third-order valence-electron chi connectivity index (χ3n) is 4.92. The third-order valence-corrected chi connectivity index (χ3v) is 4.92. The Kier molecular flexibility index (Phi) is 4.40. The van der Waals surface area contributed by atoms with Crippen LogP contribution in [0.2, 0.25) is 0 Å². The Hall–Kier alpha value is -2.77. The zero-order chi connectivity index (χ0) is 18.1.